The first-order valence-corrected chi connectivity index (χ1v) is 7.11. The average molecular weight is 327 g/mol. The number of carbonyl (C=O) groups is 1. The van der Waals surface area contributed by atoms with Gasteiger partial charge in [-0.3, -0.25) is 10.4 Å². The van der Waals surface area contributed by atoms with Crippen LogP contribution in [0.3, 0.4) is 0 Å². The van der Waals surface area contributed by atoms with Gasteiger partial charge in [0.05, 0.1) is 21.4 Å². The number of nitrogens with one attached hydrogen (secondary N) is 3. The first-order valence-electron chi connectivity index (χ1n) is 6.35. The molecule has 3 N–H and O–H groups in total. The first-order chi connectivity index (χ1) is 9.77. The van der Waals surface area contributed by atoms with Crippen molar-refractivity contribution in [3.8, 4) is 0 Å². The number of aromatic nitrogens is 2. The monoisotopic (exact) mass is 326 g/mol. The number of hydrogen-bond acceptors (Lipinski definition) is 2. The van der Waals surface area contributed by atoms with Crippen molar-refractivity contribution in [3.05, 3.63) is 40.0 Å². The van der Waals surface area contributed by atoms with Gasteiger partial charge in [0.1, 0.15) is 5.82 Å². The fraction of sp³-hybridized carbons (Fsp3) is 0.286. The van der Waals surface area contributed by atoms with Crippen molar-refractivity contribution in [1.82, 2.24) is 10.2 Å². The molecule has 0 atom stereocenters. The molecule has 0 fully saturated rings. The van der Waals surface area contributed by atoms with Crippen LogP contribution in [0.5, 0.6) is 0 Å². The zero-order chi connectivity index (χ0) is 15.6. The Bertz CT molecular complexity index is 661. The highest BCUT2D eigenvalue weighted by atomic mass is 35.5. The molecule has 2 aromatic rings. The first kappa shape index (κ1) is 15.7. The summed E-state index contributed by atoms with van der Waals surface area (Å²) in [5.74, 6) is 0.510. The minimum atomic E-state index is -0.428. The molecule has 0 aliphatic rings. The quantitative estimate of drug-likeness (QED) is 0.751. The number of hydrogen-bond donors (Lipinski definition) is 3. The minimum absolute atomic E-state index is 0.0941. The zero-order valence-electron chi connectivity index (χ0n) is 11.9. The standard InChI is InChI=1S/C14H16Cl2N4O/c1-14(2,3)10-7-11(20-19-10)18-13(21)17-9-6-4-5-8(15)12(9)16/h4-7H,1-3H3,(H3,17,18,19,20,21). The summed E-state index contributed by atoms with van der Waals surface area (Å²) in [7, 11) is 0. The van der Waals surface area contributed by atoms with Crippen molar-refractivity contribution in [1.29, 1.82) is 0 Å². The molecule has 2 rings (SSSR count). The van der Waals surface area contributed by atoms with E-state index in [9.17, 15) is 4.79 Å². The molecule has 0 aliphatic carbocycles. The molecule has 0 radical (unpaired) electrons. The maximum atomic E-state index is 11.9. The van der Waals surface area contributed by atoms with Crippen molar-refractivity contribution < 1.29 is 4.79 Å². The Balaban J connectivity index is 2.05. The van der Waals surface area contributed by atoms with E-state index in [0.29, 0.717) is 21.6 Å². The summed E-state index contributed by atoms with van der Waals surface area (Å²) in [4.78, 5) is 11.9. The van der Waals surface area contributed by atoms with E-state index in [4.69, 9.17) is 23.2 Å². The molecule has 0 unspecified atom stereocenters. The molecule has 0 saturated carbocycles. The SMILES string of the molecule is CC(C)(C)c1cc(NC(=O)Nc2cccc(Cl)c2Cl)[nH]n1. The molecular weight excluding hydrogens is 311 g/mol. The van der Waals surface area contributed by atoms with Crippen LogP contribution >= 0.6 is 23.2 Å². The van der Waals surface area contributed by atoms with Gasteiger partial charge in [0.2, 0.25) is 0 Å². The third-order valence-electron chi connectivity index (χ3n) is 2.79. The molecule has 21 heavy (non-hydrogen) atoms. The highest BCUT2D eigenvalue weighted by Gasteiger charge is 2.18. The van der Waals surface area contributed by atoms with E-state index in [1.165, 1.54) is 0 Å². The predicted molar refractivity (Wildman–Crippen MR) is 86.4 cm³/mol. The highest BCUT2D eigenvalue weighted by Crippen LogP contribution is 2.29. The van der Waals surface area contributed by atoms with E-state index >= 15 is 0 Å². The molecule has 7 heteroatoms. The Labute approximate surface area is 133 Å². The fourth-order valence-electron chi connectivity index (χ4n) is 1.65. The molecular formula is C14H16Cl2N4O. The maximum absolute atomic E-state index is 11.9. The Hall–Kier alpha value is -1.72. The van der Waals surface area contributed by atoms with Gasteiger partial charge in [0.15, 0.2) is 0 Å². The molecule has 0 bridgehead atoms. The van der Waals surface area contributed by atoms with Gasteiger partial charge in [-0.05, 0) is 12.1 Å². The van der Waals surface area contributed by atoms with Crippen molar-refractivity contribution in [2.45, 2.75) is 26.2 Å². The Morgan fingerprint density at radius 1 is 1.24 bits per heavy atom. The molecule has 0 saturated heterocycles. The zero-order valence-corrected chi connectivity index (χ0v) is 13.4. The summed E-state index contributed by atoms with van der Waals surface area (Å²) in [5.41, 5.74) is 1.21. The molecule has 1 heterocycles. The normalized spacial score (nSPS) is 11.3. The predicted octanol–water partition coefficient (Wildman–Crippen LogP) is 4.66. The second-order valence-corrected chi connectivity index (χ2v) is 6.38. The lowest BCUT2D eigenvalue weighted by atomic mass is 9.92. The van der Waals surface area contributed by atoms with E-state index < -0.39 is 6.03 Å². The largest absolute Gasteiger partial charge is 0.324 e. The molecule has 2 amide bonds. The van der Waals surface area contributed by atoms with E-state index in [1.807, 2.05) is 20.8 Å². The van der Waals surface area contributed by atoms with Gasteiger partial charge in [-0.25, -0.2) is 4.79 Å². The van der Waals surface area contributed by atoms with Crippen LogP contribution in [-0.2, 0) is 5.41 Å². The number of nitrogens with zero attached hydrogens (tertiary/aromatic N) is 1. The van der Waals surface area contributed by atoms with Crippen LogP contribution in [0.2, 0.25) is 10.0 Å². The number of urea groups is 1. The van der Waals surface area contributed by atoms with Gasteiger partial charge in [-0.2, -0.15) is 5.10 Å². The van der Waals surface area contributed by atoms with Crippen molar-refractivity contribution >= 4 is 40.7 Å². The number of anilines is 2. The Kier molecular flexibility index (Phi) is 4.44. The number of halogens is 2. The van der Waals surface area contributed by atoms with Gasteiger partial charge >= 0.3 is 6.03 Å². The molecule has 0 spiro atoms. The number of benzene rings is 1. The van der Waals surface area contributed by atoms with Crippen molar-refractivity contribution in [2.24, 2.45) is 0 Å². The molecule has 1 aromatic carbocycles. The van der Waals surface area contributed by atoms with E-state index in [2.05, 4.69) is 20.8 Å². The Morgan fingerprint density at radius 2 is 1.95 bits per heavy atom. The topological polar surface area (TPSA) is 69.8 Å². The maximum Gasteiger partial charge on any atom is 0.324 e. The second kappa shape index (κ2) is 5.95. The molecule has 1 aromatic heterocycles. The van der Waals surface area contributed by atoms with Crippen molar-refractivity contribution in [3.63, 3.8) is 0 Å². The summed E-state index contributed by atoms with van der Waals surface area (Å²) in [5, 5.41) is 12.9. The lowest BCUT2D eigenvalue weighted by Gasteiger charge is -2.13. The van der Waals surface area contributed by atoms with Gasteiger partial charge in [-0.1, -0.05) is 50.0 Å². The van der Waals surface area contributed by atoms with Crippen molar-refractivity contribution in [2.75, 3.05) is 10.6 Å². The molecule has 5 nitrogen and oxygen atoms in total. The third-order valence-corrected chi connectivity index (χ3v) is 3.61. The van der Waals surface area contributed by atoms with Crippen LogP contribution in [0, 0.1) is 0 Å². The minimum Gasteiger partial charge on any atom is -0.306 e. The summed E-state index contributed by atoms with van der Waals surface area (Å²) < 4.78 is 0. The number of aromatic amines is 1. The van der Waals surface area contributed by atoms with Crippen LogP contribution in [0.15, 0.2) is 24.3 Å². The van der Waals surface area contributed by atoms with E-state index in [-0.39, 0.29) is 5.41 Å². The lowest BCUT2D eigenvalue weighted by molar-refractivity contribution is 0.262. The Morgan fingerprint density at radius 3 is 2.57 bits per heavy atom. The van der Waals surface area contributed by atoms with Crippen LogP contribution in [0.4, 0.5) is 16.3 Å². The summed E-state index contributed by atoms with van der Waals surface area (Å²) in [6.45, 7) is 6.12. The average Bonchev–Trinajstić information content (AvgIpc) is 2.83. The van der Waals surface area contributed by atoms with Crippen LogP contribution in [0.1, 0.15) is 26.5 Å². The van der Waals surface area contributed by atoms with Crippen LogP contribution < -0.4 is 10.6 Å². The summed E-state index contributed by atoms with van der Waals surface area (Å²) in [6.07, 6.45) is 0. The smallest absolute Gasteiger partial charge is 0.306 e. The number of amides is 2. The van der Waals surface area contributed by atoms with Gasteiger partial charge < -0.3 is 5.32 Å². The van der Waals surface area contributed by atoms with Gasteiger partial charge in [0, 0.05) is 11.5 Å². The number of rotatable bonds is 2. The summed E-state index contributed by atoms with van der Waals surface area (Å²) >= 11 is 11.9. The molecule has 0 aliphatic heterocycles. The molecule has 112 valence electrons. The third kappa shape index (κ3) is 3.89. The van der Waals surface area contributed by atoms with Crippen LogP contribution in [0.25, 0.3) is 0 Å². The number of carbonyl (C=O) groups excluding carboxylic acids is 1. The second-order valence-electron chi connectivity index (χ2n) is 5.60. The van der Waals surface area contributed by atoms with Gasteiger partial charge in [0.25, 0.3) is 0 Å². The van der Waals surface area contributed by atoms with E-state index in [1.54, 1.807) is 24.3 Å². The van der Waals surface area contributed by atoms with E-state index in [0.717, 1.165) is 5.69 Å². The number of H-pyrrole nitrogens is 1. The lowest BCUT2D eigenvalue weighted by Crippen LogP contribution is -2.19. The summed E-state index contributed by atoms with van der Waals surface area (Å²) in [6, 6.07) is 6.39. The van der Waals surface area contributed by atoms with Crippen LogP contribution in [-0.4, -0.2) is 16.2 Å². The fourth-order valence-corrected chi connectivity index (χ4v) is 1.99. The highest BCUT2D eigenvalue weighted by molar-refractivity contribution is 6.44. The van der Waals surface area contributed by atoms with Gasteiger partial charge in [-0.15, -0.1) is 0 Å².